The van der Waals surface area contributed by atoms with Gasteiger partial charge in [0.2, 0.25) is 0 Å². The van der Waals surface area contributed by atoms with Crippen molar-refractivity contribution in [2.45, 2.75) is 6.10 Å². The number of hydrogen-bond donors (Lipinski definition) is 1. The standard InChI is InChI=1S/C18H15FO2/c1-21-13-6-4-5-12(11-13)18(20)16-9-10-17(19)15-8-3-2-7-14(15)16/h2-11,18,20H,1H3. The van der Waals surface area contributed by atoms with Crippen LogP contribution < -0.4 is 4.74 Å². The van der Waals surface area contributed by atoms with E-state index in [4.69, 9.17) is 4.74 Å². The van der Waals surface area contributed by atoms with Gasteiger partial charge >= 0.3 is 0 Å². The van der Waals surface area contributed by atoms with Crippen molar-refractivity contribution in [3.8, 4) is 5.75 Å². The Bertz CT molecular complexity index is 783. The van der Waals surface area contributed by atoms with E-state index in [1.165, 1.54) is 6.07 Å². The molecule has 21 heavy (non-hydrogen) atoms. The van der Waals surface area contributed by atoms with Crippen LogP contribution in [0, 0.1) is 5.82 Å². The van der Waals surface area contributed by atoms with E-state index in [-0.39, 0.29) is 5.82 Å². The van der Waals surface area contributed by atoms with Crippen LogP contribution in [0.3, 0.4) is 0 Å². The number of methoxy groups -OCH3 is 1. The Balaban J connectivity index is 2.13. The van der Waals surface area contributed by atoms with E-state index in [0.29, 0.717) is 27.6 Å². The average Bonchev–Trinajstić information content (AvgIpc) is 2.55. The zero-order chi connectivity index (χ0) is 14.8. The van der Waals surface area contributed by atoms with Gasteiger partial charge in [0.05, 0.1) is 7.11 Å². The van der Waals surface area contributed by atoms with Gasteiger partial charge in [-0.3, -0.25) is 0 Å². The quantitative estimate of drug-likeness (QED) is 0.784. The van der Waals surface area contributed by atoms with E-state index < -0.39 is 6.10 Å². The molecule has 0 spiro atoms. The first-order valence-corrected chi connectivity index (χ1v) is 6.70. The Labute approximate surface area is 122 Å². The summed E-state index contributed by atoms with van der Waals surface area (Å²) in [6.07, 6.45) is -0.828. The summed E-state index contributed by atoms with van der Waals surface area (Å²) in [4.78, 5) is 0. The minimum atomic E-state index is -0.828. The number of ether oxygens (including phenoxy) is 1. The average molecular weight is 282 g/mol. The molecule has 1 atom stereocenters. The third kappa shape index (κ3) is 2.48. The highest BCUT2D eigenvalue weighted by Crippen LogP contribution is 2.31. The Hall–Kier alpha value is -2.39. The minimum Gasteiger partial charge on any atom is -0.497 e. The number of rotatable bonds is 3. The molecule has 0 bridgehead atoms. The molecule has 0 aliphatic rings. The van der Waals surface area contributed by atoms with Crippen molar-refractivity contribution in [3.63, 3.8) is 0 Å². The van der Waals surface area contributed by atoms with Crippen LogP contribution in [-0.2, 0) is 0 Å². The summed E-state index contributed by atoms with van der Waals surface area (Å²) in [5.41, 5.74) is 1.39. The summed E-state index contributed by atoms with van der Waals surface area (Å²) in [7, 11) is 1.58. The lowest BCUT2D eigenvalue weighted by atomic mass is 9.95. The van der Waals surface area contributed by atoms with Gasteiger partial charge in [0.1, 0.15) is 17.7 Å². The van der Waals surface area contributed by atoms with E-state index >= 15 is 0 Å². The van der Waals surface area contributed by atoms with Crippen molar-refractivity contribution < 1.29 is 14.2 Å². The zero-order valence-electron chi connectivity index (χ0n) is 11.6. The van der Waals surface area contributed by atoms with Crippen molar-refractivity contribution in [2.75, 3.05) is 7.11 Å². The van der Waals surface area contributed by atoms with E-state index in [1.54, 1.807) is 31.4 Å². The molecule has 0 amide bonds. The highest BCUT2D eigenvalue weighted by Gasteiger charge is 2.15. The molecule has 0 saturated heterocycles. The Morgan fingerprint density at radius 3 is 2.48 bits per heavy atom. The van der Waals surface area contributed by atoms with Crippen LogP contribution >= 0.6 is 0 Å². The Morgan fingerprint density at radius 1 is 0.952 bits per heavy atom. The molecule has 0 aromatic heterocycles. The monoisotopic (exact) mass is 282 g/mol. The van der Waals surface area contributed by atoms with Gasteiger partial charge in [-0.05, 0) is 34.7 Å². The van der Waals surface area contributed by atoms with Crippen LogP contribution in [0.15, 0.2) is 60.7 Å². The summed E-state index contributed by atoms with van der Waals surface area (Å²) >= 11 is 0. The molecule has 0 aliphatic heterocycles. The van der Waals surface area contributed by atoms with Crippen LogP contribution in [0.25, 0.3) is 10.8 Å². The van der Waals surface area contributed by atoms with Crippen molar-refractivity contribution in [2.24, 2.45) is 0 Å². The Morgan fingerprint density at radius 2 is 1.71 bits per heavy atom. The number of aliphatic hydroxyl groups is 1. The number of fused-ring (bicyclic) bond motifs is 1. The van der Waals surface area contributed by atoms with Crippen molar-refractivity contribution >= 4 is 10.8 Å². The number of benzene rings is 3. The number of hydrogen-bond acceptors (Lipinski definition) is 2. The molecule has 1 N–H and O–H groups in total. The molecule has 3 rings (SSSR count). The van der Waals surface area contributed by atoms with Gasteiger partial charge in [0.25, 0.3) is 0 Å². The largest absolute Gasteiger partial charge is 0.497 e. The van der Waals surface area contributed by atoms with E-state index in [0.717, 1.165) is 0 Å². The lowest BCUT2D eigenvalue weighted by molar-refractivity contribution is 0.221. The predicted molar refractivity (Wildman–Crippen MR) is 81.0 cm³/mol. The fourth-order valence-corrected chi connectivity index (χ4v) is 2.52. The molecule has 0 aliphatic carbocycles. The SMILES string of the molecule is COc1cccc(C(O)c2ccc(F)c3ccccc23)c1. The fraction of sp³-hybridized carbons (Fsp3) is 0.111. The zero-order valence-corrected chi connectivity index (χ0v) is 11.6. The van der Waals surface area contributed by atoms with E-state index in [1.807, 2.05) is 30.3 Å². The Kier molecular flexibility index (Phi) is 3.59. The van der Waals surface area contributed by atoms with Crippen LogP contribution in [-0.4, -0.2) is 12.2 Å². The first-order chi connectivity index (χ1) is 10.2. The maximum absolute atomic E-state index is 13.8. The van der Waals surface area contributed by atoms with Crippen LogP contribution in [0.5, 0.6) is 5.75 Å². The lowest BCUT2D eigenvalue weighted by Gasteiger charge is -2.15. The fourth-order valence-electron chi connectivity index (χ4n) is 2.52. The molecular formula is C18H15FO2. The summed E-state index contributed by atoms with van der Waals surface area (Å²) in [6, 6.07) is 17.4. The van der Waals surface area contributed by atoms with Crippen molar-refractivity contribution in [3.05, 3.63) is 77.6 Å². The molecule has 0 fully saturated rings. The molecule has 2 nitrogen and oxygen atoms in total. The second kappa shape index (κ2) is 5.54. The summed E-state index contributed by atoms with van der Waals surface area (Å²) in [5.74, 6) is 0.394. The highest BCUT2D eigenvalue weighted by molar-refractivity contribution is 5.87. The van der Waals surface area contributed by atoms with Gasteiger partial charge in [-0.2, -0.15) is 0 Å². The van der Waals surface area contributed by atoms with Gasteiger partial charge < -0.3 is 9.84 Å². The van der Waals surface area contributed by atoms with Gasteiger partial charge in [0, 0.05) is 5.39 Å². The minimum absolute atomic E-state index is 0.285. The maximum atomic E-state index is 13.8. The molecule has 3 aromatic carbocycles. The molecular weight excluding hydrogens is 267 g/mol. The molecule has 3 heteroatoms. The van der Waals surface area contributed by atoms with Crippen molar-refractivity contribution in [1.82, 2.24) is 0 Å². The molecule has 0 radical (unpaired) electrons. The van der Waals surface area contributed by atoms with Crippen LogP contribution in [0.2, 0.25) is 0 Å². The first kappa shape index (κ1) is 13.6. The second-order valence-electron chi connectivity index (χ2n) is 4.86. The van der Waals surface area contributed by atoms with Gasteiger partial charge in [0.15, 0.2) is 0 Å². The normalized spacial score (nSPS) is 12.3. The second-order valence-corrected chi connectivity index (χ2v) is 4.86. The summed E-state index contributed by atoms with van der Waals surface area (Å²) in [6.45, 7) is 0. The van der Waals surface area contributed by atoms with E-state index in [2.05, 4.69) is 0 Å². The smallest absolute Gasteiger partial charge is 0.131 e. The van der Waals surface area contributed by atoms with E-state index in [9.17, 15) is 9.50 Å². The lowest BCUT2D eigenvalue weighted by Crippen LogP contribution is -2.01. The first-order valence-electron chi connectivity index (χ1n) is 6.70. The molecule has 106 valence electrons. The van der Waals surface area contributed by atoms with Gasteiger partial charge in [-0.15, -0.1) is 0 Å². The summed E-state index contributed by atoms with van der Waals surface area (Å²) < 4.78 is 19.0. The predicted octanol–water partition coefficient (Wildman–Crippen LogP) is 4.07. The third-order valence-electron chi connectivity index (χ3n) is 3.61. The molecule has 1 unspecified atom stereocenters. The van der Waals surface area contributed by atoms with Crippen molar-refractivity contribution in [1.29, 1.82) is 0 Å². The van der Waals surface area contributed by atoms with Gasteiger partial charge in [-0.1, -0.05) is 42.5 Å². The van der Waals surface area contributed by atoms with Gasteiger partial charge in [-0.25, -0.2) is 4.39 Å². The number of halogens is 1. The third-order valence-corrected chi connectivity index (χ3v) is 3.61. The topological polar surface area (TPSA) is 29.5 Å². The molecule has 3 aromatic rings. The summed E-state index contributed by atoms with van der Waals surface area (Å²) in [5, 5.41) is 11.8. The van der Waals surface area contributed by atoms with Crippen LogP contribution in [0.4, 0.5) is 4.39 Å². The van der Waals surface area contributed by atoms with Crippen LogP contribution in [0.1, 0.15) is 17.2 Å². The molecule has 0 heterocycles. The number of aliphatic hydroxyl groups excluding tert-OH is 1. The molecule has 0 saturated carbocycles. The highest BCUT2D eigenvalue weighted by atomic mass is 19.1. The maximum Gasteiger partial charge on any atom is 0.131 e.